The molecule has 1 aromatic heterocycles. The van der Waals surface area contributed by atoms with Crippen molar-refractivity contribution in [2.24, 2.45) is 0 Å². The molecule has 0 unspecified atom stereocenters. The van der Waals surface area contributed by atoms with Gasteiger partial charge in [0.1, 0.15) is 6.54 Å². The fraction of sp³-hybridized carbons (Fsp3) is 0.333. The summed E-state index contributed by atoms with van der Waals surface area (Å²) in [7, 11) is -9.17. The van der Waals surface area contributed by atoms with Gasteiger partial charge in [-0.25, -0.2) is 21.6 Å². The molecule has 0 amide bonds. The first-order valence-electron chi connectivity index (χ1n) is 11.4. The molecule has 9 nitrogen and oxygen atoms in total. The van der Waals surface area contributed by atoms with E-state index in [0.29, 0.717) is 36.2 Å². The number of carboxylic acid groups (broad SMARTS) is 1. The Morgan fingerprint density at radius 2 is 1.74 bits per heavy atom. The second-order valence-corrected chi connectivity index (χ2v) is 12.7. The summed E-state index contributed by atoms with van der Waals surface area (Å²) in [5, 5.41) is 13.1. The van der Waals surface area contributed by atoms with Crippen molar-refractivity contribution >= 4 is 25.8 Å². The van der Waals surface area contributed by atoms with Gasteiger partial charge >= 0.3 is 12.1 Å². The number of alkyl halides is 3. The van der Waals surface area contributed by atoms with Crippen molar-refractivity contribution < 1.29 is 39.9 Å². The Labute approximate surface area is 217 Å². The Hall–Kier alpha value is -3.23. The molecule has 1 aliphatic rings. The van der Waals surface area contributed by atoms with Crippen molar-refractivity contribution in [1.82, 2.24) is 14.5 Å². The van der Waals surface area contributed by atoms with Crippen molar-refractivity contribution in [2.75, 3.05) is 0 Å². The summed E-state index contributed by atoms with van der Waals surface area (Å²) in [5.74, 6) is -1.14. The van der Waals surface area contributed by atoms with E-state index in [0.717, 1.165) is 12.5 Å². The first-order valence-corrected chi connectivity index (χ1v) is 14.4. The molecule has 1 atom stereocenters. The lowest BCUT2D eigenvalue weighted by Gasteiger charge is -2.25. The number of aryl methyl sites for hydroxylation is 1. The molecule has 0 saturated carbocycles. The van der Waals surface area contributed by atoms with E-state index in [1.165, 1.54) is 35.1 Å². The number of nitrogens with one attached hydrogen (secondary N) is 1. The van der Waals surface area contributed by atoms with Gasteiger partial charge in [0.05, 0.1) is 32.5 Å². The largest absolute Gasteiger partial charge is 0.480 e. The second kappa shape index (κ2) is 9.82. The fourth-order valence-electron chi connectivity index (χ4n) is 4.48. The van der Waals surface area contributed by atoms with Crippen LogP contribution in [0.2, 0.25) is 0 Å². The molecule has 0 spiro atoms. The smallest absolute Gasteiger partial charge is 0.416 e. The van der Waals surface area contributed by atoms with Gasteiger partial charge in [0.15, 0.2) is 0 Å². The molecule has 3 aromatic rings. The molecule has 0 radical (unpaired) electrons. The molecule has 0 bridgehead atoms. The molecule has 38 heavy (non-hydrogen) atoms. The first kappa shape index (κ1) is 27.8. The molecule has 4 rings (SSSR count). The Morgan fingerprint density at radius 3 is 2.34 bits per heavy atom. The van der Waals surface area contributed by atoms with Crippen LogP contribution in [0.25, 0.3) is 0 Å². The molecule has 1 aliphatic carbocycles. The minimum atomic E-state index is -5.02. The Bertz CT molecular complexity index is 1610. The van der Waals surface area contributed by atoms with Crippen LogP contribution in [0.1, 0.15) is 46.8 Å². The van der Waals surface area contributed by atoms with Gasteiger partial charge in [0, 0.05) is 11.3 Å². The number of nitrogens with zero attached hydrogens (tertiary/aromatic N) is 2. The van der Waals surface area contributed by atoms with Crippen molar-refractivity contribution in [3.63, 3.8) is 0 Å². The van der Waals surface area contributed by atoms with Crippen LogP contribution >= 0.6 is 0 Å². The number of aromatic nitrogens is 2. The highest BCUT2D eigenvalue weighted by atomic mass is 32.2. The third-order valence-electron chi connectivity index (χ3n) is 6.40. The molecule has 0 aliphatic heterocycles. The highest BCUT2D eigenvalue weighted by molar-refractivity contribution is 7.92. The van der Waals surface area contributed by atoms with Crippen molar-refractivity contribution in [3.8, 4) is 0 Å². The molecular formula is C24H24F3N3O6S2. The van der Waals surface area contributed by atoms with Crippen LogP contribution in [-0.4, -0.2) is 37.7 Å². The predicted molar refractivity (Wildman–Crippen MR) is 129 cm³/mol. The standard InChI is InChI=1S/C24H24F3N3O6S2/c1-14-6-8-17(9-7-14)37(33,34)21-10-16(24(25,26)27)11-22(15(21)2)38(35,36)29-19-4-3-5-20-18(19)12-28-30(20)13-23(31)32/h6-12,19,29H,3-5,13H2,1-2H3,(H,31,32)/t19-/m1/s1. The molecule has 0 fully saturated rings. The Morgan fingerprint density at radius 1 is 1.11 bits per heavy atom. The number of hydrogen-bond donors (Lipinski definition) is 2. The van der Waals surface area contributed by atoms with E-state index >= 15 is 0 Å². The van der Waals surface area contributed by atoms with Crippen LogP contribution in [0.5, 0.6) is 0 Å². The van der Waals surface area contributed by atoms with Gasteiger partial charge in [-0.05, 0) is 62.9 Å². The van der Waals surface area contributed by atoms with Gasteiger partial charge in [0.25, 0.3) is 0 Å². The maximum Gasteiger partial charge on any atom is 0.416 e. The third kappa shape index (κ3) is 5.33. The summed E-state index contributed by atoms with van der Waals surface area (Å²) in [4.78, 5) is 9.26. The van der Waals surface area contributed by atoms with Crippen LogP contribution in [0, 0.1) is 13.8 Å². The zero-order valence-corrected chi connectivity index (χ0v) is 21.9. The van der Waals surface area contributed by atoms with Gasteiger partial charge < -0.3 is 5.11 Å². The minimum absolute atomic E-state index is 0.274. The molecule has 2 aromatic carbocycles. The van der Waals surface area contributed by atoms with E-state index in [9.17, 15) is 34.8 Å². The zero-order valence-electron chi connectivity index (χ0n) is 20.3. The molecule has 2 N–H and O–H groups in total. The first-order chi connectivity index (χ1) is 17.6. The average molecular weight is 572 g/mol. The summed E-state index contributed by atoms with van der Waals surface area (Å²) in [5.41, 5.74) is -0.125. The molecule has 14 heteroatoms. The normalized spacial score (nSPS) is 16.3. The number of halogens is 3. The molecule has 0 saturated heterocycles. The summed E-state index contributed by atoms with van der Waals surface area (Å²) < 4.78 is 98.6. The number of carboxylic acids is 1. The predicted octanol–water partition coefficient (Wildman–Crippen LogP) is 3.79. The SMILES string of the molecule is Cc1ccc(S(=O)(=O)c2cc(C(F)(F)F)cc(S(=O)(=O)N[C@@H]3CCCc4c3cnn4CC(=O)O)c2C)cc1. The van der Waals surface area contributed by atoms with Crippen LogP contribution in [-0.2, 0) is 43.8 Å². The van der Waals surface area contributed by atoms with Gasteiger partial charge in [-0.2, -0.15) is 18.3 Å². The highest BCUT2D eigenvalue weighted by Gasteiger charge is 2.37. The van der Waals surface area contributed by atoms with Gasteiger partial charge in [-0.15, -0.1) is 0 Å². The lowest BCUT2D eigenvalue weighted by atomic mass is 9.94. The average Bonchev–Trinajstić information content (AvgIpc) is 3.21. The quantitative estimate of drug-likeness (QED) is 0.441. The number of rotatable bonds is 7. The number of benzene rings is 2. The number of sulfonamides is 1. The molecule has 204 valence electrons. The van der Waals surface area contributed by atoms with Crippen molar-refractivity contribution in [3.05, 3.63) is 70.5 Å². The number of hydrogen-bond acceptors (Lipinski definition) is 6. The van der Waals surface area contributed by atoms with E-state index in [1.807, 2.05) is 0 Å². The summed E-state index contributed by atoms with van der Waals surface area (Å²) in [6.07, 6.45) is -2.48. The third-order valence-corrected chi connectivity index (χ3v) is 9.89. The number of carbonyl (C=O) groups is 1. The van der Waals surface area contributed by atoms with E-state index in [1.54, 1.807) is 6.92 Å². The minimum Gasteiger partial charge on any atom is -0.480 e. The maximum absolute atomic E-state index is 13.8. The van der Waals surface area contributed by atoms with E-state index in [2.05, 4.69) is 9.82 Å². The lowest BCUT2D eigenvalue weighted by molar-refractivity contribution is -0.138. The fourth-order valence-corrected chi connectivity index (χ4v) is 7.63. The Balaban J connectivity index is 1.81. The number of aliphatic carboxylic acids is 1. The van der Waals surface area contributed by atoms with Crippen LogP contribution in [0.4, 0.5) is 13.2 Å². The topological polar surface area (TPSA) is 135 Å². The summed E-state index contributed by atoms with van der Waals surface area (Å²) in [6, 6.07) is 5.43. The Kier molecular flexibility index (Phi) is 7.18. The van der Waals surface area contributed by atoms with Crippen molar-refractivity contribution in [1.29, 1.82) is 0 Å². The summed E-state index contributed by atoms with van der Waals surface area (Å²) in [6.45, 7) is 2.43. The van der Waals surface area contributed by atoms with Crippen LogP contribution in [0.3, 0.4) is 0 Å². The van der Waals surface area contributed by atoms with Gasteiger partial charge in [0.2, 0.25) is 19.9 Å². The van der Waals surface area contributed by atoms with E-state index < -0.39 is 59.9 Å². The maximum atomic E-state index is 13.8. The molecule has 1 heterocycles. The van der Waals surface area contributed by atoms with Gasteiger partial charge in [-0.3, -0.25) is 9.48 Å². The van der Waals surface area contributed by atoms with Crippen molar-refractivity contribution in [2.45, 2.75) is 66.6 Å². The monoisotopic (exact) mass is 571 g/mol. The number of sulfone groups is 1. The summed E-state index contributed by atoms with van der Waals surface area (Å²) >= 11 is 0. The van der Waals surface area contributed by atoms with E-state index in [-0.39, 0.29) is 16.9 Å². The number of fused-ring (bicyclic) bond motifs is 1. The lowest BCUT2D eigenvalue weighted by Crippen LogP contribution is -2.32. The van der Waals surface area contributed by atoms with Gasteiger partial charge in [-0.1, -0.05) is 17.7 Å². The highest BCUT2D eigenvalue weighted by Crippen LogP contribution is 2.38. The van der Waals surface area contributed by atoms with Crippen LogP contribution in [0.15, 0.2) is 57.3 Å². The molecular weight excluding hydrogens is 547 g/mol. The second-order valence-electron chi connectivity index (χ2n) is 9.08. The van der Waals surface area contributed by atoms with E-state index in [4.69, 9.17) is 5.11 Å². The van der Waals surface area contributed by atoms with Crippen LogP contribution < -0.4 is 4.72 Å². The zero-order chi connectivity index (χ0) is 28.0.